The van der Waals surface area contributed by atoms with E-state index < -0.39 is 6.10 Å². The third-order valence-electron chi connectivity index (χ3n) is 3.51. The van der Waals surface area contributed by atoms with Crippen LogP contribution in [-0.4, -0.2) is 19.1 Å². The van der Waals surface area contributed by atoms with Gasteiger partial charge in [-0.2, -0.15) is 0 Å². The topological polar surface area (TPSA) is 38.3 Å². The van der Waals surface area contributed by atoms with E-state index in [2.05, 4.69) is 17.4 Å². The lowest BCUT2D eigenvalue weighted by atomic mass is 9.92. The Kier molecular flexibility index (Phi) is 4.24. The number of rotatable bonds is 4. The molecule has 98 valence electrons. The molecule has 1 aromatic carbocycles. The zero-order valence-corrected chi connectivity index (χ0v) is 11.2. The van der Waals surface area contributed by atoms with Crippen LogP contribution < -0.4 is 10.1 Å². The van der Waals surface area contributed by atoms with Gasteiger partial charge in [-0.1, -0.05) is 13.0 Å². The van der Waals surface area contributed by atoms with Gasteiger partial charge >= 0.3 is 0 Å². The minimum absolute atomic E-state index is 0.0600. The van der Waals surface area contributed by atoms with Gasteiger partial charge in [0, 0.05) is 7.05 Å². The molecule has 2 rings (SSSR count). The average molecular weight is 247 g/mol. The summed E-state index contributed by atoms with van der Waals surface area (Å²) in [6.07, 6.45) is 5.12. The van der Waals surface area contributed by atoms with E-state index in [1.807, 2.05) is 13.0 Å². The molecule has 3 nitrogen and oxygen atoms in total. The van der Waals surface area contributed by atoms with Crippen LogP contribution in [0.3, 0.4) is 0 Å². The van der Waals surface area contributed by atoms with Crippen molar-refractivity contribution in [1.82, 2.24) is 5.32 Å². The molecular formula is C15H21NO2. The number of carbonyl (C=O) groups excluding carboxylic acids is 1. The van der Waals surface area contributed by atoms with E-state index >= 15 is 0 Å². The Bertz CT molecular complexity index is 429. The van der Waals surface area contributed by atoms with Crippen LogP contribution in [0.4, 0.5) is 0 Å². The molecule has 18 heavy (non-hydrogen) atoms. The van der Waals surface area contributed by atoms with Crippen LogP contribution in [0, 0.1) is 0 Å². The van der Waals surface area contributed by atoms with Gasteiger partial charge in [0.05, 0.1) is 0 Å². The predicted octanol–water partition coefficient (Wildman–Crippen LogP) is 2.47. The number of hydrogen-bond acceptors (Lipinski definition) is 2. The van der Waals surface area contributed by atoms with Crippen molar-refractivity contribution < 1.29 is 9.53 Å². The summed E-state index contributed by atoms with van der Waals surface area (Å²) in [7, 11) is 1.64. The molecule has 0 heterocycles. The minimum Gasteiger partial charge on any atom is -0.481 e. The highest BCUT2D eigenvalue weighted by atomic mass is 16.5. The quantitative estimate of drug-likeness (QED) is 0.887. The van der Waals surface area contributed by atoms with Crippen LogP contribution >= 0.6 is 0 Å². The number of ether oxygens (including phenoxy) is 1. The lowest BCUT2D eigenvalue weighted by molar-refractivity contribution is -0.127. The first-order valence-corrected chi connectivity index (χ1v) is 6.74. The Balaban J connectivity index is 2.11. The van der Waals surface area contributed by atoms with E-state index in [1.54, 1.807) is 7.05 Å². The molecule has 0 saturated heterocycles. The average Bonchev–Trinajstić information content (AvgIpc) is 2.43. The van der Waals surface area contributed by atoms with Crippen molar-refractivity contribution in [3.05, 3.63) is 29.3 Å². The number of amides is 1. The highest BCUT2D eigenvalue weighted by Crippen LogP contribution is 2.26. The minimum atomic E-state index is -0.392. The SMILES string of the molecule is CC[C@H](Oc1ccc2c(c1)CCCC2)C(=O)NC. The van der Waals surface area contributed by atoms with Crippen molar-refractivity contribution in [1.29, 1.82) is 0 Å². The molecule has 0 radical (unpaired) electrons. The molecule has 0 saturated carbocycles. The Morgan fingerprint density at radius 3 is 2.72 bits per heavy atom. The van der Waals surface area contributed by atoms with Crippen LogP contribution in [-0.2, 0) is 17.6 Å². The van der Waals surface area contributed by atoms with Gasteiger partial charge in [0.25, 0.3) is 5.91 Å². The summed E-state index contributed by atoms with van der Waals surface area (Å²) >= 11 is 0. The molecule has 0 bridgehead atoms. The fourth-order valence-corrected chi connectivity index (χ4v) is 2.43. The van der Waals surface area contributed by atoms with E-state index in [4.69, 9.17) is 4.74 Å². The smallest absolute Gasteiger partial charge is 0.260 e. The van der Waals surface area contributed by atoms with Gasteiger partial charge in [0.1, 0.15) is 5.75 Å². The van der Waals surface area contributed by atoms with Gasteiger partial charge < -0.3 is 10.1 Å². The van der Waals surface area contributed by atoms with Crippen molar-refractivity contribution in [2.45, 2.75) is 45.1 Å². The summed E-state index contributed by atoms with van der Waals surface area (Å²) in [4.78, 5) is 11.6. The molecule has 3 heteroatoms. The lowest BCUT2D eigenvalue weighted by Crippen LogP contribution is -2.35. The number of benzene rings is 1. The van der Waals surface area contributed by atoms with Gasteiger partial charge in [-0.25, -0.2) is 0 Å². The number of aryl methyl sites for hydroxylation is 2. The number of carbonyl (C=O) groups is 1. The van der Waals surface area contributed by atoms with Crippen molar-refractivity contribution in [2.24, 2.45) is 0 Å². The van der Waals surface area contributed by atoms with E-state index in [1.165, 1.54) is 30.4 Å². The first-order valence-electron chi connectivity index (χ1n) is 6.74. The van der Waals surface area contributed by atoms with Gasteiger partial charge in [-0.3, -0.25) is 4.79 Å². The van der Waals surface area contributed by atoms with E-state index in [0.29, 0.717) is 6.42 Å². The molecule has 0 aromatic heterocycles. The summed E-state index contributed by atoms with van der Waals surface area (Å²) < 4.78 is 5.77. The predicted molar refractivity (Wildman–Crippen MR) is 71.9 cm³/mol. The number of hydrogen-bond donors (Lipinski definition) is 1. The van der Waals surface area contributed by atoms with Crippen LogP contribution in [0.25, 0.3) is 0 Å². The summed E-state index contributed by atoms with van der Waals surface area (Å²) in [5, 5.41) is 2.63. The highest BCUT2D eigenvalue weighted by Gasteiger charge is 2.17. The summed E-state index contributed by atoms with van der Waals surface area (Å²) in [6, 6.07) is 6.22. The molecule has 1 aromatic rings. The Hall–Kier alpha value is -1.51. The van der Waals surface area contributed by atoms with Crippen LogP contribution in [0.15, 0.2) is 18.2 Å². The standard InChI is InChI=1S/C15H21NO2/c1-3-14(15(17)16-2)18-13-9-8-11-6-4-5-7-12(11)10-13/h8-10,14H,3-7H2,1-2H3,(H,16,17)/t14-/m0/s1. The summed E-state index contributed by atoms with van der Waals surface area (Å²) in [5.41, 5.74) is 2.81. The normalized spacial score (nSPS) is 15.7. The van der Waals surface area contributed by atoms with Crippen molar-refractivity contribution >= 4 is 5.91 Å². The molecule has 0 aliphatic heterocycles. The maximum Gasteiger partial charge on any atom is 0.260 e. The Morgan fingerprint density at radius 2 is 2.06 bits per heavy atom. The van der Waals surface area contributed by atoms with Crippen molar-refractivity contribution in [3.63, 3.8) is 0 Å². The first kappa shape index (κ1) is 12.9. The molecule has 0 spiro atoms. The van der Waals surface area contributed by atoms with E-state index in [0.717, 1.165) is 12.2 Å². The molecule has 1 aliphatic carbocycles. The van der Waals surface area contributed by atoms with Crippen LogP contribution in [0.1, 0.15) is 37.3 Å². The lowest BCUT2D eigenvalue weighted by Gasteiger charge is -2.19. The van der Waals surface area contributed by atoms with Gasteiger partial charge in [0.15, 0.2) is 6.10 Å². The second-order valence-corrected chi connectivity index (χ2v) is 4.77. The van der Waals surface area contributed by atoms with Crippen molar-refractivity contribution in [2.75, 3.05) is 7.05 Å². The van der Waals surface area contributed by atoms with Crippen LogP contribution in [0.5, 0.6) is 5.75 Å². The maximum atomic E-state index is 11.6. The molecule has 1 amide bonds. The number of fused-ring (bicyclic) bond motifs is 1. The Labute approximate surface area is 109 Å². The zero-order chi connectivity index (χ0) is 13.0. The van der Waals surface area contributed by atoms with E-state index in [9.17, 15) is 4.79 Å². The second-order valence-electron chi connectivity index (χ2n) is 4.77. The fourth-order valence-electron chi connectivity index (χ4n) is 2.43. The summed E-state index contributed by atoms with van der Waals surface area (Å²) in [5.74, 6) is 0.751. The fraction of sp³-hybridized carbons (Fsp3) is 0.533. The van der Waals surface area contributed by atoms with Crippen LogP contribution in [0.2, 0.25) is 0 Å². The second kappa shape index (κ2) is 5.89. The molecule has 1 aliphatic rings. The third-order valence-corrected chi connectivity index (χ3v) is 3.51. The monoisotopic (exact) mass is 247 g/mol. The highest BCUT2D eigenvalue weighted by molar-refractivity contribution is 5.80. The summed E-state index contributed by atoms with van der Waals surface area (Å²) in [6.45, 7) is 1.96. The molecule has 1 atom stereocenters. The third kappa shape index (κ3) is 2.84. The van der Waals surface area contributed by atoms with Gasteiger partial charge in [-0.15, -0.1) is 0 Å². The first-order chi connectivity index (χ1) is 8.74. The van der Waals surface area contributed by atoms with Crippen molar-refractivity contribution in [3.8, 4) is 5.75 Å². The maximum absolute atomic E-state index is 11.6. The molecule has 0 fully saturated rings. The molecule has 1 N–H and O–H groups in total. The molecular weight excluding hydrogens is 226 g/mol. The van der Waals surface area contributed by atoms with E-state index in [-0.39, 0.29) is 5.91 Å². The number of nitrogens with one attached hydrogen (secondary N) is 1. The largest absolute Gasteiger partial charge is 0.481 e. The number of likely N-dealkylation sites (N-methyl/N-ethyl adjacent to an activating group) is 1. The Morgan fingerprint density at radius 1 is 1.33 bits per heavy atom. The zero-order valence-electron chi connectivity index (χ0n) is 11.2. The van der Waals surface area contributed by atoms with Gasteiger partial charge in [0.2, 0.25) is 0 Å². The molecule has 0 unspecified atom stereocenters. The van der Waals surface area contributed by atoms with Gasteiger partial charge in [-0.05, 0) is 55.4 Å².